The molecule has 0 atom stereocenters. The van der Waals surface area contributed by atoms with E-state index < -0.39 is 0 Å². The van der Waals surface area contributed by atoms with Crippen LogP contribution in [0.4, 0.5) is 5.82 Å². The van der Waals surface area contributed by atoms with Crippen molar-refractivity contribution < 1.29 is 4.79 Å². The van der Waals surface area contributed by atoms with Gasteiger partial charge in [-0.05, 0) is 24.5 Å². The predicted octanol–water partition coefficient (Wildman–Crippen LogP) is 2.18. The van der Waals surface area contributed by atoms with Crippen LogP contribution in [-0.4, -0.2) is 33.9 Å². The van der Waals surface area contributed by atoms with Crippen LogP contribution < -0.4 is 10.2 Å². The van der Waals surface area contributed by atoms with Gasteiger partial charge in [0, 0.05) is 38.1 Å². The van der Waals surface area contributed by atoms with Gasteiger partial charge in [-0.1, -0.05) is 18.9 Å². The van der Waals surface area contributed by atoms with Crippen LogP contribution in [0, 0.1) is 0 Å². The summed E-state index contributed by atoms with van der Waals surface area (Å²) >= 11 is 0. The van der Waals surface area contributed by atoms with Crippen molar-refractivity contribution in [1.82, 2.24) is 20.3 Å². The normalized spacial score (nSPS) is 15.0. The number of carbonyl (C=O) groups is 1. The van der Waals surface area contributed by atoms with E-state index in [1.54, 1.807) is 18.5 Å². The largest absolute Gasteiger partial charge is 0.357 e. The zero-order valence-corrected chi connectivity index (χ0v) is 13.1. The van der Waals surface area contributed by atoms with Gasteiger partial charge in [0.1, 0.15) is 17.8 Å². The van der Waals surface area contributed by atoms with Gasteiger partial charge in [0.2, 0.25) is 0 Å². The third kappa shape index (κ3) is 4.25. The number of amides is 1. The molecule has 1 N–H and O–H groups in total. The number of nitrogens with one attached hydrogen (secondary N) is 1. The molecule has 0 aliphatic carbocycles. The Morgan fingerprint density at radius 2 is 2.00 bits per heavy atom. The number of rotatable bonds is 4. The molecule has 120 valence electrons. The quantitative estimate of drug-likeness (QED) is 0.937. The molecular formula is C17H21N5O. The standard InChI is InChI=1S/C17H21N5O/c23-17(19-12-14-6-5-7-18-11-14)15-10-16(21-13-20-15)22-8-3-1-2-4-9-22/h5-7,10-11,13H,1-4,8-9,12H2,(H,19,23). The van der Waals surface area contributed by atoms with E-state index in [4.69, 9.17) is 0 Å². The first-order valence-corrected chi connectivity index (χ1v) is 8.07. The first-order valence-electron chi connectivity index (χ1n) is 8.07. The predicted molar refractivity (Wildman–Crippen MR) is 88.1 cm³/mol. The highest BCUT2D eigenvalue weighted by atomic mass is 16.1. The topological polar surface area (TPSA) is 71.0 Å². The van der Waals surface area contributed by atoms with Crippen molar-refractivity contribution in [2.75, 3.05) is 18.0 Å². The number of pyridine rings is 1. The minimum atomic E-state index is -0.188. The van der Waals surface area contributed by atoms with Gasteiger partial charge in [-0.15, -0.1) is 0 Å². The Balaban J connectivity index is 1.65. The molecule has 0 radical (unpaired) electrons. The third-order valence-corrected chi connectivity index (χ3v) is 3.99. The van der Waals surface area contributed by atoms with Crippen molar-refractivity contribution in [3.8, 4) is 0 Å². The lowest BCUT2D eigenvalue weighted by molar-refractivity contribution is 0.0945. The molecule has 2 aromatic rings. The highest BCUT2D eigenvalue weighted by molar-refractivity contribution is 5.92. The fraction of sp³-hybridized carbons (Fsp3) is 0.412. The average Bonchev–Trinajstić information content (AvgIpc) is 2.90. The van der Waals surface area contributed by atoms with Crippen molar-refractivity contribution in [2.24, 2.45) is 0 Å². The first-order chi connectivity index (χ1) is 11.3. The van der Waals surface area contributed by atoms with Crippen LogP contribution >= 0.6 is 0 Å². The van der Waals surface area contributed by atoms with Crippen LogP contribution in [0.2, 0.25) is 0 Å². The molecule has 0 aromatic carbocycles. The van der Waals surface area contributed by atoms with Crippen LogP contribution in [0.25, 0.3) is 0 Å². The van der Waals surface area contributed by atoms with Crippen molar-refractivity contribution in [1.29, 1.82) is 0 Å². The summed E-state index contributed by atoms with van der Waals surface area (Å²) in [6.45, 7) is 2.43. The van der Waals surface area contributed by atoms with Gasteiger partial charge in [-0.3, -0.25) is 9.78 Å². The number of nitrogens with zero attached hydrogens (tertiary/aromatic N) is 4. The lowest BCUT2D eigenvalue weighted by Gasteiger charge is -2.21. The van der Waals surface area contributed by atoms with Gasteiger partial charge in [0.15, 0.2) is 0 Å². The molecule has 23 heavy (non-hydrogen) atoms. The molecule has 1 amide bonds. The van der Waals surface area contributed by atoms with Crippen LogP contribution in [0.3, 0.4) is 0 Å². The maximum Gasteiger partial charge on any atom is 0.270 e. The molecule has 6 nitrogen and oxygen atoms in total. The molecule has 1 saturated heterocycles. The first kappa shape index (κ1) is 15.4. The smallest absolute Gasteiger partial charge is 0.270 e. The molecule has 1 aliphatic heterocycles. The maximum atomic E-state index is 12.3. The lowest BCUT2D eigenvalue weighted by Crippen LogP contribution is -2.27. The zero-order chi connectivity index (χ0) is 15.9. The Morgan fingerprint density at radius 1 is 1.17 bits per heavy atom. The van der Waals surface area contributed by atoms with Gasteiger partial charge in [-0.25, -0.2) is 9.97 Å². The van der Waals surface area contributed by atoms with Crippen LogP contribution in [-0.2, 0) is 6.54 Å². The van der Waals surface area contributed by atoms with E-state index in [1.165, 1.54) is 32.0 Å². The summed E-state index contributed by atoms with van der Waals surface area (Å²) in [6.07, 6.45) is 9.80. The van der Waals surface area contributed by atoms with Gasteiger partial charge >= 0.3 is 0 Å². The fourth-order valence-corrected chi connectivity index (χ4v) is 2.72. The molecule has 0 bridgehead atoms. The number of carbonyl (C=O) groups excluding carboxylic acids is 1. The summed E-state index contributed by atoms with van der Waals surface area (Å²) in [5, 5.41) is 2.87. The molecule has 0 unspecified atom stereocenters. The van der Waals surface area contributed by atoms with E-state index in [0.29, 0.717) is 12.2 Å². The number of aromatic nitrogens is 3. The van der Waals surface area contributed by atoms with Crippen molar-refractivity contribution >= 4 is 11.7 Å². The second-order valence-corrected chi connectivity index (χ2v) is 5.71. The van der Waals surface area contributed by atoms with Crippen LogP contribution in [0.15, 0.2) is 36.9 Å². The van der Waals surface area contributed by atoms with E-state index in [9.17, 15) is 4.79 Å². The molecule has 0 saturated carbocycles. The molecule has 3 rings (SSSR count). The number of anilines is 1. The Hall–Kier alpha value is -2.50. The minimum Gasteiger partial charge on any atom is -0.357 e. The second-order valence-electron chi connectivity index (χ2n) is 5.71. The van der Waals surface area contributed by atoms with Crippen molar-refractivity contribution in [2.45, 2.75) is 32.2 Å². The molecule has 1 fully saturated rings. The second kappa shape index (κ2) is 7.67. The summed E-state index contributed by atoms with van der Waals surface area (Å²) in [5.41, 5.74) is 1.37. The van der Waals surface area contributed by atoms with Gasteiger partial charge in [0.05, 0.1) is 0 Å². The van der Waals surface area contributed by atoms with E-state index in [0.717, 1.165) is 24.5 Å². The van der Waals surface area contributed by atoms with Crippen molar-refractivity contribution in [3.63, 3.8) is 0 Å². The fourth-order valence-electron chi connectivity index (χ4n) is 2.72. The zero-order valence-electron chi connectivity index (χ0n) is 13.1. The van der Waals surface area contributed by atoms with E-state index in [-0.39, 0.29) is 5.91 Å². The summed E-state index contributed by atoms with van der Waals surface area (Å²) < 4.78 is 0. The highest BCUT2D eigenvalue weighted by Crippen LogP contribution is 2.17. The van der Waals surface area contributed by atoms with Crippen LogP contribution in [0.1, 0.15) is 41.7 Å². The summed E-state index contributed by atoms with van der Waals surface area (Å²) in [4.78, 5) is 27.0. The Labute approximate surface area is 136 Å². The van der Waals surface area contributed by atoms with Gasteiger partial charge in [-0.2, -0.15) is 0 Å². The summed E-state index contributed by atoms with van der Waals surface area (Å²) in [7, 11) is 0. The average molecular weight is 311 g/mol. The molecular weight excluding hydrogens is 290 g/mol. The van der Waals surface area contributed by atoms with Crippen molar-refractivity contribution in [3.05, 3.63) is 48.2 Å². The lowest BCUT2D eigenvalue weighted by atomic mass is 10.2. The van der Waals surface area contributed by atoms with Crippen LogP contribution in [0.5, 0.6) is 0 Å². The van der Waals surface area contributed by atoms with E-state index >= 15 is 0 Å². The molecule has 0 spiro atoms. The SMILES string of the molecule is O=C(NCc1cccnc1)c1cc(N2CCCCCC2)ncn1. The van der Waals surface area contributed by atoms with E-state index in [2.05, 4.69) is 25.2 Å². The van der Waals surface area contributed by atoms with Gasteiger partial charge in [0.25, 0.3) is 5.91 Å². The van der Waals surface area contributed by atoms with Gasteiger partial charge < -0.3 is 10.2 Å². The Kier molecular flexibility index (Phi) is 5.13. The minimum absolute atomic E-state index is 0.188. The summed E-state index contributed by atoms with van der Waals surface area (Å²) in [5.74, 6) is 0.653. The number of hydrogen-bond donors (Lipinski definition) is 1. The molecule has 3 heterocycles. The summed E-state index contributed by atoms with van der Waals surface area (Å²) in [6, 6.07) is 5.56. The number of hydrogen-bond acceptors (Lipinski definition) is 5. The monoisotopic (exact) mass is 311 g/mol. The molecule has 2 aromatic heterocycles. The Morgan fingerprint density at radius 3 is 2.74 bits per heavy atom. The molecule has 6 heteroatoms. The highest BCUT2D eigenvalue weighted by Gasteiger charge is 2.14. The third-order valence-electron chi connectivity index (χ3n) is 3.99. The molecule has 1 aliphatic rings. The van der Waals surface area contributed by atoms with E-state index in [1.807, 2.05) is 12.1 Å². The maximum absolute atomic E-state index is 12.3. The Bertz CT molecular complexity index is 638.